The Balaban J connectivity index is 2.03. The molecular formula is C17H17BrFN3O2Si. The molecular weight excluding hydrogens is 405 g/mol. The number of ether oxygens (including phenoxy) is 2. The van der Waals surface area contributed by atoms with E-state index in [-0.39, 0.29) is 18.5 Å². The zero-order chi connectivity index (χ0) is 18.0. The van der Waals surface area contributed by atoms with Crippen LogP contribution in [-0.2, 0) is 10.3 Å². The highest BCUT2D eigenvalue weighted by atomic mass is 79.9. The number of nitrogens with zero attached hydrogens (tertiary/aromatic N) is 2. The predicted molar refractivity (Wildman–Crippen MR) is 99.7 cm³/mol. The first-order valence-electron chi connectivity index (χ1n) is 7.88. The molecule has 25 heavy (non-hydrogen) atoms. The van der Waals surface area contributed by atoms with Crippen LogP contribution in [0.15, 0.2) is 33.7 Å². The van der Waals surface area contributed by atoms with Gasteiger partial charge in [-0.05, 0) is 29.5 Å². The molecule has 0 amide bonds. The van der Waals surface area contributed by atoms with Gasteiger partial charge in [-0.1, -0.05) is 35.6 Å². The summed E-state index contributed by atoms with van der Waals surface area (Å²) in [4.78, 5) is 8.69. The first kappa shape index (κ1) is 16.5. The number of hydrogen-bond donors (Lipinski definition) is 1. The lowest BCUT2D eigenvalue weighted by Gasteiger charge is -2.34. The van der Waals surface area contributed by atoms with Crippen molar-refractivity contribution in [2.45, 2.75) is 25.2 Å². The van der Waals surface area contributed by atoms with Crippen molar-refractivity contribution in [1.29, 1.82) is 0 Å². The average Bonchev–Trinajstić information content (AvgIpc) is 2.89. The molecule has 8 heteroatoms. The van der Waals surface area contributed by atoms with Crippen LogP contribution in [-0.4, -0.2) is 25.7 Å². The van der Waals surface area contributed by atoms with Crippen molar-refractivity contribution in [2.24, 2.45) is 10.7 Å². The number of hydrogen-bond acceptors (Lipinski definition) is 5. The van der Waals surface area contributed by atoms with E-state index >= 15 is 0 Å². The van der Waals surface area contributed by atoms with Gasteiger partial charge in [-0.3, -0.25) is 0 Å². The predicted octanol–water partition coefficient (Wildman–Crippen LogP) is 3.22. The number of amidine groups is 1. The van der Waals surface area contributed by atoms with E-state index in [1.807, 2.05) is 18.2 Å². The van der Waals surface area contributed by atoms with Crippen LogP contribution in [0.2, 0.25) is 19.6 Å². The highest BCUT2D eigenvalue weighted by Crippen LogP contribution is 2.50. The van der Waals surface area contributed by atoms with E-state index in [0.717, 1.165) is 10.0 Å². The van der Waals surface area contributed by atoms with Gasteiger partial charge >= 0.3 is 0 Å². The van der Waals surface area contributed by atoms with E-state index in [4.69, 9.17) is 15.2 Å². The molecule has 0 aliphatic carbocycles. The van der Waals surface area contributed by atoms with E-state index < -0.39 is 19.6 Å². The highest BCUT2D eigenvalue weighted by molar-refractivity contribution is 9.10. The third-order valence-corrected chi connectivity index (χ3v) is 6.98. The monoisotopic (exact) mass is 421 g/mol. The molecule has 0 bridgehead atoms. The van der Waals surface area contributed by atoms with Crippen molar-refractivity contribution in [2.75, 3.05) is 6.61 Å². The average molecular weight is 422 g/mol. The van der Waals surface area contributed by atoms with Crippen LogP contribution in [0.3, 0.4) is 0 Å². The summed E-state index contributed by atoms with van der Waals surface area (Å²) in [5.41, 5.74) is 6.48. The number of benzene rings is 1. The fourth-order valence-electron chi connectivity index (χ4n) is 3.25. The number of fused-ring (bicyclic) bond motifs is 4. The Morgan fingerprint density at radius 2 is 2.00 bits per heavy atom. The summed E-state index contributed by atoms with van der Waals surface area (Å²) in [6.45, 7) is 6.45. The minimum Gasteiger partial charge on any atom is -0.462 e. The van der Waals surface area contributed by atoms with Crippen LogP contribution in [0.25, 0.3) is 0 Å². The zero-order valence-electron chi connectivity index (χ0n) is 14.1. The van der Waals surface area contributed by atoms with Gasteiger partial charge in [0, 0.05) is 10.0 Å². The van der Waals surface area contributed by atoms with Crippen LogP contribution in [0, 0.1) is 5.95 Å². The van der Waals surface area contributed by atoms with Crippen LogP contribution in [0.4, 0.5) is 4.39 Å². The summed E-state index contributed by atoms with van der Waals surface area (Å²) >= 11 is 3.49. The Kier molecular flexibility index (Phi) is 3.49. The van der Waals surface area contributed by atoms with E-state index in [1.54, 1.807) is 6.07 Å². The van der Waals surface area contributed by atoms with Crippen LogP contribution in [0.1, 0.15) is 11.1 Å². The minimum atomic E-state index is -1.95. The standard InChI is InChI=1S/C17H17BrFN3O2Si/c1-25(2,3)13-7-11-15(21-14(13)19)24-12-5-4-9(18)6-10(12)17(11)8-23-16(20)22-17/h4-7H,8H2,1-3H3,(H2,20,22)/t17-/m0/s1. The summed E-state index contributed by atoms with van der Waals surface area (Å²) in [6.07, 6.45) is 0. The molecule has 0 fully saturated rings. The van der Waals surface area contributed by atoms with E-state index in [0.29, 0.717) is 16.5 Å². The van der Waals surface area contributed by atoms with Crippen LogP contribution >= 0.6 is 15.9 Å². The topological polar surface area (TPSA) is 69.7 Å². The van der Waals surface area contributed by atoms with Gasteiger partial charge in [0.1, 0.15) is 12.4 Å². The molecule has 2 aliphatic rings. The quantitative estimate of drug-likeness (QED) is 0.566. The maximum Gasteiger partial charge on any atom is 0.283 e. The largest absolute Gasteiger partial charge is 0.462 e. The second-order valence-corrected chi connectivity index (χ2v) is 13.2. The third-order valence-electron chi connectivity index (χ3n) is 4.52. The lowest BCUT2D eigenvalue weighted by atomic mass is 9.82. The summed E-state index contributed by atoms with van der Waals surface area (Å²) in [5, 5.41) is 0.633. The van der Waals surface area contributed by atoms with Crippen LogP contribution in [0.5, 0.6) is 11.6 Å². The van der Waals surface area contributed by atoms with Gasteiger partial charge in [0.05, 0.1) is 13.6 Å². The van der Waals surface area contributed by atoms with E-state index in [1.165, 1.54) is 0 Å². The molecule has 0 saturated carbocycles. The smallest absolute Gasteiger partial charge is 0.283 e. The zero-order valence-corrected chi connectivity index (χ0v) is 16.6. The molecule has 1 spiro atoms. The second kappa shape index (κ2) is 5.28. The van der Waals surface area contributed by atoms with Gasteiger partial charge in [0.25, 0.3) is 6.02 Å². The molecule has 0 unspecified atom stereocenters. The maximum atomic E-state index is 14.6. The molecule has 1 atom stereocenters. The summed E-state index contributed by atoms with van der Waals surface area (Å²) < 4.78 is 26.9. The number of pyridine rings is 1. The number of aromatic nitrogens is 1. The Bertz CT molecular complexity index is 929. The molecule has 2 aromatic rings. The molecule has 2 aliphatic heterocycles. The van der Waals surface area contributed by atoms with Crippen molar-refractivity contribution in [3.63, 3.8) is 0 Å². The minimum absolute atomic E-state index is 0.109. The van der Waals surface area contributed by atoms with E-state index in [9.17, 15) is 4.39 Å². The fourth-order valence-corrected chi connectivity index (χ4v) is 4.86. The molecule has 3 heterocycles. The van der Waals surface area contributed by atoms with Gasteiger partial charge in [-0.2, -0.15) is 9.37 Å². The van der Waals surface area contributed by atoms with E-state index in [2.05, 4.69) is 45.5 Å². The second-order valence-electron chi connectivity index (χ2n) is 7.27. The molecule has 1 aromatic heterocycles. The highest BCUT2D eigenvalue weighted by Gasteiger charge is 2.48. The van der Waals surface area contributed by atoms with Gasteiger partial charge < -0.3 is 15.2 Å². The summed E-state index contributed by atoms with van der Waals surface area (Å²) in [7, 11) is -1.95. The molecule has 1 aromatic carbocycles. The molecule has 0 radical (unpaired) electrons. The fraction of sp³-hybridized carbons (Fsp3) is 0.294. The normalized spacial score (nSPS) is 21.2. The number of halogens is 2. The summed E-state index contributed by atoms with van der Waals surface area (Å²) in [6, 6.07) is 7.53. The lowest BCUT2D eigenvalue weighted by molar-refractivity contribution is 0.261. The lowest BCUT2D eigenvalue weighted by Crippen LogP contribution is -2.43. The molecule has 130 valence electrons. The Morgan fingerprint density at radius 1 is 1.24 bits per heavy atom. The Morgan fingerprint density at radius 3 is 2.64 bits per heavy atom. The molecule has 0 saturated heterocycles. The van der Waals surface area contributed by atoms with Crippen molar-refractivity contribution >= 4 is 35.2 Å². The first-order chi connectivity index (χ1) is 11.7. The number of aliphatic imine (C=N–C) groups is 1. The first-order valence-corrected chi connectivity index (χ1v) is 12.2. The SMILES string of the molecule is C[Si](C)(C)c1cc2c(nc1F)Oc1ccc(Br)cc1[C@@]21COC(N)=N1. The summed E-state index contributed by atoms with van der Waals surface area (Å²) in [5.74, 6) is 0.311. The molecule has 2 N–H and O–H groups in total. The van der Waals surface area contributed by atoms with Crippen molar-refractivity contribution in [3.05, 3.63) is 45.8 Å². The van der Waals surface area contributed by atoms with Gasteiger partial charge in [-0.25, -0.2) is 4.99 Å². The number of rotatable bonds is 1. The maximum absolute atomic E-state index is 14.6. The van der Waals surface area contributed by atoms with Gasteiger partial charge in [0.15, 0.2) is 5.54 Å². The Hall–Kier alpha value is -1.93. The third kappa shape index (κ3) is 2.46. The van der Waals surface area contributed by atoms with Crippen molar-refractivity contribution in [3.8, 4) is 11.6 Å². The van der Waals surface area contributed by atoms with Gasteiger partial charge in [-0.15, -0.1) is 0 Å². The van der Waals surface area contributed by atoms with Gasteiger partial charge in [0.2, 0.25) is 11.8 Å². The number of nitrogens with two attached hydrogens (primary N) is 1. The molecule has 4 rings (SSSR count). The van der Waals surface area contributed by atoms with Crippen LogP contribution < -0.4 is 15.7 Å². The van der Waals surface area contributed by atoms with Crippen molar-refractivity contribution in [1.82, 2.24) is 4.98 Å². The molecule has 5 nitrogen and oxygen atoms in total. The Labute approximate surface area is 154 Å². The van der Waals surface area contributed by atoms with Crippen molar-refractivity contribution < 1.29 is 13.9 Å².